The first-order valence-corrected chi connectivity index (χ1v) is 8.67. The lowest BCUT2D eigenvalue weighted by Gasteiger charge is -2.40. The number of nitrogens with zero attached hydrogens (tertiary/aromatic N) is 1. The third kappa shape index (κ3) is 2.64. The Labute approximate surface area is 148 Å². The van der Waals surface area contributed by atoms with Gasteiger partial charge in [0.1, 0.15) is 0 Å². The molecule has 2 saturated heterocycles. The Morgan fingerprint density at radius 3 is 2.76 bits per heavy atom. The molecule has 0 radical (unpaired) electrons. The number of alkyl halides is 3. The lowest BCUT2D eigenvalue weighted by molar-refractivity contribution is -0.155. The number of morpholine rings is 1. The van der Waals surface area contributed by atoms with E-state index in [4.69, 9.17) is 16.3 Å². The van der Waals surface area contributed by atoms with Crippen molar-refractivity contribution in [1.29, 1.82) is 0 Å². The van der Waals surface area contributed by atoms with E-state index in [1.54, 1.807) is 11.8 Å². The first-order chi connectivity index (χ1) is 11.7. The Balaban J connectivity index is 1.65. The second-order valence-electron chi connectivity index (χ2n) is 7.04. The van der Waals surface area contributed by atoms with Gasteiger partial charge >= 0.3 is 6.18 Å². The van der Waals surface area contributed by atoms with E-state index in [-0.39, 0.29) is 23.0 Å². The molecular weight excluding hydrogens is 357 g/mol. The first-order valence-electron chi connectivity index (χ1n) is 8.29. The number of hydrogen-bond acceptors (Lipinski definition) is 3. The fraction of sp³-hybridized carbons (Fsp3) is 0.588. The number of carbonyl (C=O) groups is 1. The molecule has 4 nitrogen and oxygen atoms in total. The largest absolute Gasteiger partial charge is 0.416 e. The molecule has 0 spiro atoms. The molecule has 25 heavy (non-hydrogen) atoms. The van der Waals surface area contributed by atoms with E-state index >= 15 is 0 Å². The molecule has 3 atom stereocenters. The molecule has 3 heterocycles. The number of halogens is 4. The van der Waals surface area contributed by atoms with E-state index in [0.717, 1.165) is 12.1 Å². The minimum atomic E-state index is -4.43. The van der Waals surface area contributed by atoms with Gasteiger partial charge in [-0.1, -0.05) is 11.6 Å². The molecule has 1 N–H and O–H groups in total. The second kappa shape index (κ2) is 5.59. The fourth-order valence-corrected chi connectivity index (χ4v) is 4.60. The van der Waals surface area contributed by atoms with Gasteiger partial charge in [0.15, 0.2) is 5.60 Å². The van der Waals surface area contributed by atoms with Gasteiger partial charge in [-0.05, 0) is 36.6 Å². The summed E-state index contributed by atoms with van der Waals surface area (Å²) in [6.07, 6.45) is -3.44. The highest BCUT2D eigenvalue weighted by Gasteiger charge is 2.54. The Hall–Kier alpha value is -1.31. The van der Waals surface area contributed by atoms with Crippen molar-refractivity contribution in [3.8, 4) is 0 Å². The number of fused-ring (bicyclic) bond motifs is 3. The van der Waals surface area contributed by atoms with Crippen LogP contribution in [-0.2, 0) is 22.1 Å². The molecule has 8 heteroatoms. The summed E-state index contributed by atoms with van der Waals surface area (Å²) >= 11 is 6.17. The maximum absolute atomic E-state index is 13.1. The summed E-state index contributed by atoms with van der Waals surface area (Å²) in [6.45, 7) is 3.16. The topological polar surface area (TPSA) is 41.6 Å². The number of nitrogens with one attached hydrogen (secondary N) is 1. The van der Waals surface area contributed by atoms with Gasteiger partial charge in [0.05, 0.1) is 18.2 Å². The highest BCUT2D eigenvalue weighted by molar-refractivity contribution is 6.31. The number of ether oxygens (including phenoxy) is 1. The fourth-order valence-electron chi connectivity index (χ4n) is 4.21. The number of benzene rings is 1. The quantitative estimate of drug-likeness (QED) is 0.821. The van der Waals surface area contributed by atoms with Crippen LogP contribution in [0, 0.1) is 0 Å². The molecule has 0 saturated carbocycles. The van der Waals surface area contributed by atoms with Crippen molar-refractivity contribution in [2.75, 3.05) is 19.7 Å². The maximum Gasteiger partial charge on any atom is 0.416 e. The minimum absolute atomic E-state index is 0.0575. The van der Waals surface area contributed by atoms with Crippen LogP contribution < -0.4 is 5.32 Å². The summed E-state index contributed by atoms with van der Waals surface area (Å²) in [7, 11) is 0. The molecule has 0 aliphatic carbocycles. The second-order valence-corrected chi connectivity index (χ2v) is 7.45. The highest BCUT2D eigenvalue weighted by Crippen LogP contribution is 2.42. The molecule has 2 bridgehead atoms. The number of amides is 1. The van der Waals surface area contributed by atoms with Gasteiger partial charge in [-0.3, -0.25) is 4.79 Å². The van der Waals surface area contributed by atoms with E-state index in [2.05, 4.69) is 5.32 Å². The van der Waals surface area contributed by atoms with Crippen LogP contribution in [0.2, 0.25) is 5.02 Å². The zero-order valence-corrected chi connectivity index (χ0v) is 14.4. The molecule has 0 unspecified atom stereocenters. The zero-order valence-electron chi connectivity index (χ0n) is 13.6. The molecule has 2 fully saturated rings. The zero-order chi connectivity index (χ0) is 18.0. The summed E-state index contributed by atoms with van der Waals surface area (Å²) in [4.78, 5) is 14.8. The molecule has 136 valence electrons. The van der Waals surface area contributed by atoms with Gasteiger partial charge < -0.3 is 15.0 Å². The summed E-state index contributed by atoms with van der Waals surface area (Å²) in [6, 6.07) is 1.91. The highest BCUT2D eigenvalue weighted by atomic mass is 35.5. The van der Waals surface area contributed by atoms with Crippen molar-refractivity contribution < 1.29 is 22.7 Å². The molecular formula is C17H18ClF3N2O2. The smallest absolute Gasteiger partial charge is 0.362 e. The molecule has 1 aromatic carbocycles. The van der Waals surface area contributed by atoms with Gasteiger partial charge in [0, 0.05) is 30.6 Å². The molecule has 4 rings (SSSR count). The van der Waals surface area contributed by atoms with Crippen LogP contribution in [-0.4, -0.2) is 42.1 Å². The molecule has 3 aliphatic heterocycles. The van der Waals surface area contributed by atoms with Crippen LogP contribution in [0.3, 0.4) is 0 Å². The minimum Gasteiger partial charge on any atom is -0.362 e. The van der Waals surface area contributed by atoms with E-state index < -0.39 is 17.3 Å². The van der Waals surface area contributed by atoms with Crippen molar-refractivity contribution in [3.05, 3.63) is 33.8 Å². The lowest BCUT2D eigenvalue weighted by atomic mass is 9.89. The summed E-state index contributed by atoms with van der Waals surface area (Å²) in [5.41, 5.74) is -0.423. The predicted molar refractivity (Wildman–Crippen MR) is 85.4 cm³/mol. The van der Waals surface area contributed by atoms with Gasteiger partial charge in [-0.2, -0.15) is 13.2 Å². The Morgan fingerprint density at radius 2 is 2.20 bits per heavy atom. The van der Waals surface area contributed by atoms with E-state index in [9.17, 15) is 18.0 Å². The van der Waals surface area contributed by atoms with Crippen LogP contribution >= 0.6 is 11.6 Å². The van der Waals surface area contributed by atoms with Crippen molar-refractivity contribution in [2.45, 2.75) is 43.6 Å². The molecule has 1 aromatic rings. The summed E-state index contributed by atoms with van der Waals surface area (Å²) < 4.78 is 44.7. The predicted octanol–water partition coefficient (Wildman–Crippen LogP) is 2.94. The lowest BCUT2D eigenvalue weighted by Crippen LogP contribution is -2.54. The maximum atomic E-state index is 13.1. The van der Waals surface area contributed by atoms with Crippen LogP contribution in [0.1, 0.15) is 36.1 Å². The molecule has 1 amide bonds. The standard InChI is InChI=1S/C17H18ClF3N2O2/c1-9-14-10(4-11(5-13(14)18)17(19,20)21)2-3-23(9)15(24)16-6-12(7-25-16)22-8-16/h4-5,9,12,22H,2-3,6-8H2,1H3/t9-,12-,16-/m0/s1. The number of rotatable bonds is 1. The van der Waals surface area contributed by atoms with Crippen molar-refractivity contribution in [2.24, 2.45) is 0 Å². The molecule has 3 aliphatic rings. The van der Waals surface area contributed by atoms with Crippen LogP contribution in [0.15, 0.2) is 12.1 Å². The average molecular weight is 375 g/mol. The third-order valence-corrected chi connectivity index (χ3v) is 5.83. The summed E-state index contributed by atoms with van der Waals surface area (Å²) in [5, 5.41) is 3.32. The van der Waals surface area contributed by atoms with Gasteiger partial charge in [0.2, 0.25) is 0 Å². The van der Waals surface area contributed by atoms with E-state index in [1.165, 1.54) is 0 Å². The average Bonchev–Trinajstić information content (AvgIpc) is 3.15. The Bertz CT molecular complexity index is 729. The van der Waals surface area contributed by atoms with Crippen molar-refractivity contribution in [1.82, 2.24) is 10.2 Å². The van der Waals surface area contributed by atoms with Gasteiger partial charge in [0.25, 0.3) is 5.91 Å². The Kier molecular flexibility index (Phi) is 3.83. The van der Waals surface area contributed by atoms with Gasteiger partial charge in [-0.25, -0.2) is 0 Å². The summed E-state index contributed by atoms with van der Waals surface area (Å²) in [5.74, 6) is -0.103. The third-order valence-electron chi connectivity index (χ3n) is 5.51. The van der Waals surface area contributed by atoms with E-state index in [0.29, 0.717) is 43.7 Å². The van der Waals surface area contributed by atoms with Crippen LogP contribution in [0.4, 0.5) is 13.2 Å². The number of carbonyl (C=O) groups excluding carboxylic acids is 1. The van der Waals surface area contributed by atoms with Gasteiger partial charge in [-0.15, -0.1) is 0 Å². The van der Waals surface area contributed by atoms with E-state index in [1.807, 2.05) is 0 Å². The van der Waals surface area contributed by atoms with Crippen molar-refractivity contribution in [3.63, 3.8) is 0 Å². The molecule has 0 aromatic heterocycles. The normalized spacial score (nSPS) is 31.3. The number of hydrogen-bond donors (Lipinski definition) is 1. The monoisotopic (exact) mass is 374 g/mol. The van der Waals surface area contributed by atoms with Crippen molar-refractivity contribution >= 4 is 17.5 Å². The van der Waals surface area contributed by atoms with Crippen LogP contribution in [0.5, 0.6) is 0 Å². The Morgan fingerprint density at radius 1 is 1.44 bits per heavy atom. The SMILES string of the molecule is C[C@H]1c2c(Cl)cc(C(F)(F)F)cc2CCN1C(=O)[C@]12CN[C@H](CO1)C2. The van der Waals surface area contributed by atoms with Crippen LogP contribution in [0.25, 0.3) is 0 Å². The first kappa shape index (κ1) is 17.1.